The maximum Gasteiger partial charge on any atom is 0.305 e. The first-order valence-corrected chi connectivity index (χ1v) is 4.89. The van der Waals surface area contributed by atoms with E-state index in [4.69, 9.17) is 0 Å². The number of hydrogen-bond donors (Lipinski definition) is 1. The van der Waals surface area contributed by atoms with Crippen molar-refractivity contribution in [2.45, 2.75) is 13.3 Å². The van der Waals surface area contributed by atoms with Gasteiger partial charge in [-0.05, 0) is 12.5 Å². The highest BCUT2D eigenvalue weighted by atomic mass is 19.1. The summed E-state index contributed by atoms with van der Waals surface area (Å²) in [7, 11) is 0. The molecule has 0 spiro atoms. The molecule has 0 fully saturated rings. The Morgan fingerprint density at radius 2 is 2.12 bits per heavy atom. The zero-order valence-corrected chi connectivity index (χ0v) is 9.00. The number of nitro groups is 1. The first kappa shape index (κ1) is 13.0. The lowest BCUT2D eigenvalue weighted by atomic mass is 10.1. The van der Waals surface area contributed by atoms with Gasteiger partial charge in [0, 0.05) is 12.6 Å². The lowest BCUT2D eigenvalue weighted by Crippen LogP contribution is -2.26. The molecular formula is C10H10F2N2O3. The maximum absolute atomic E-state index is 13.5. The van der Waals surface area contributed by atoms with Gasteiger partial charge in [-0.15, -0.1) is 0 Å². The number of nitrogens with one attached hydrogen (secondary N) is 1. The van der Waals surface area contributed by atoms with E-state index in [9.17, 15) is 23.7 Å². The third kappa shape index (κ3) is 2.74. The molecule has 1 N–H and O–H groups in total. The second-order valence-electron chi connectivity index (χ2n) is 3.27. The zero-order valence-electron chi connectivity index (χ0n) is 9.00. The Balaban J connectivity index is 3.18. The van der Waals surface area contributed by atoms with E-state index >= 15 is 0 Å². The minimum atomic E-state index is -1.45. The molecule has 1 aromatic carbocycles. The molecular weight excluding hydrogens is 234 g/mol. The second-order valence-corrected chi connectivity index (χ2v) is 3.27. The summed E-state index contributed by atoms with van der Waals surface area (Å²) in [6.07, 6.45) is 0.587. The molecule has 17 heavy (non-hydrogen) atoms. The molecule has 0 radical (unpaired) electrons. The number of nitro benzene ring substituents is 1. The summed E-state index contributed by atoms with van der Waals surface area (Å²) in [5.74, 6) is -3.57. The average Bonchev–Trinajstić information content (AvgIpc) is 2.25. The van der Waals surface area contributed by atoms with Crippen LogP contribution in [0.5, 0.6) is 0 Å². The number of rotatable bonds is 4. The molecule has 0 saturated heterocycles. The molecule has 0 heterocycles. The van der Waals surface area contributed by atoms with Gasteiger partial charge in [-0.2, -0.15) is 4.39 Å². The number of benzene rings is 1. The summed E-state index contributed by atoms with van der Waals surface area (Å²) in [4.78, 5) is 20.8. The monoisotopic (exact) mass is 244 g/mol. The van der Waals surface area contributed by atoms with Crippen molar-refractivity contribution in [3.8, 4) is 0 Å². The number of hydrogen-bond acceptors (Lipinski definition) is 3. The van der Waals surface area contributed by atoms with Crippen LogP contribution in [0.2, 0.25) is 0 Å². The van der Waals surface area contributed by atoms with Crippen LogP contribution in [0.4, 0.5) is 14.5 Å². The molecule has 0 unspecified atom stereocenters. The molecule has 92 valence electrons. The Morgan fingerprint density at radius 3 is 2.65 bits per heavy atom. The fraction of sp³-hybridized carbons (Fsp3) is 0.300. The molecule has 0 bridgehead atoms. The van der Waals surface area contributed by atoms with Gasteiger partial charge >= 0.3 is 5.69 Å². The van der Waals surface area contributed by atoms with E-state index in [2.05, 4.69) is 5.32 Å². The van der Waals surface area contributed by atoms with Gasteiger partial charge in [0.1, 0.15) is 11.4 Å². The summed E-state index contributed by atoms with van der Waals surface area (Å²) >= 11 is 0. The summed E-state index contributed by atoms with van der Waals surface area (Å²) in [6.45, 7) is 2.00. The summed E-state index contributed by atoms with van der Waals surface area (Å²) < 4.78 is 26.8. The van der Waals surface area contributed by atoms with Crippen LogP contribution in [0, 0.1) is 21.7 Å². The van der Waals surface area contributed by atoms with Crippen molar-refractivity contribution >= 4 is 11.6 Å². The van der Waals surface area contributed by atoms with E-state index in [0.717, 1.165) is 0 Å². The molecule has 0 aliphatic carbocycles. The van der Waals surface area contributed by atoms with Crippen LogP contribution < -0.4 is 5.32 Å². The quantitative estimate of drug-likeness (QED) is 0.650. The van der Waals surface area contributed by atoms with Crippen molar-refractivity contribution in [3.63, 3.8) is 0 Å². The number of nitrogens with zero attached hydrogens (tertiary/aromatic N) is 1. The Bertz CT molecular complexity index is 463. The number of carbonyl (C=O) groups excluding carboxylic acids is 1. The number of halogens is 2. The molecule has 0 atom stereocenters. The van der Waals surface area contributed by atoms with Gasteiger partial charge in [-0.3, -0.25) is 14.9 Å². The van der Waals surface area contributed by atoms with Crippen molar-refractivity contribution in [3.05, 3.63) is 39.4 Å². The minimum absolute atomic E-state index is 0.237. The highest BCUT2D eigenvalue weighted by Gasteiger charge is 2.25. The van der Waals surface area contributed by atoms with Crippen LogP contribution in [0.15, 0.2) is 12.1 Å². The van der Waals surface area contributed by atoms with Crippen LogP contribution >= 0.6 is 0 Å². The standard InChI is InChI=1S/C10H10F2N2O3/c1-2-5-13-10(15)8-6(11)3-4-7(9(8)12)14(16)17/h3-4H,2,5H2,1H3,(H,13,15). The predicted molar refractivity (Wildman–Crippen MR) is 55.6 cm³/mol. The normalized spacial score (nSPS) is 10.1. The van der Waals surface area contributed by atoms with Crippen molar-refractivity contribution in [2.24, 2.45) is 0 Å². The van der Waals surface area contributed by atoms with Gasteiger partial charge in [0.05, 0.1) is 4.92 Å². The molecule has 1 rings (SSSR count). The van der Waals surface area contributed by atoms with Crippen LogP contribution in [-0.4, -0.2) is 17.4 Å². The Morgan fingerprint density at radius 1 is 1.47 bits per heavy atom. The molecule has 0 aromatic heterocycles. The highest BCUT2D eigenvalue weighted by molar-refractivity contribution is 5.95. The molecule has 5 nitrogen and oxygen atoms in total. The van der Waals surface area contributed by atoms with Crippen molar-refractivity contribution < 1.29 is 18.5 Å². The molecule has 0 saturated carbocycles. The van der Waals surface area contributed by atoms with Gasteiger partial charge < -0.3 is 5.32 Å². The first-order chi connectivity index (χ1) is 7.99. The van der Waals surface area contributed by atoms with Crippen molar-refractivity contribution in [1.29, 1.82) is 0 Å². The van der Waals surface area contributed by atoms with Gasteiger partial charge in [0.15, 0.2) is 0 Å². The second kappa shape index (κ2) is 5.33. The van der Waals surface area contributed by atoms with Crippen molar-refractivity contribution in [2.75, 3.05) is 6.54 Å². The number of carbonyl (C=O) groups is 1. The fourth-order valence-electron chi connectivity index (χ4n) is 1.22. The average molecular weight is 244 g/mol. The highest BCUT2D eigenvalue weighted by Crippen LogP contribution is 2.22. The largest absolute Gasteiger partial charge is 0.352 e. The third-order valence-electron chi connectivity index (χ3n) is 2.03. The van der Waals surface area contributed by atoms with E-state index in [1.807, 2.05) is 0 Å². The lowest BCUT2D eigenvalue weighted by molar-refractivity contribution is -0.387. The summed E-state index contributed by atoms with van der Waals surface area (Å²) in [6, 6.07) is 1.38. The topological polar surface area (TPSA) is 72.2 Å². The smallest absolute Gasteiger partial charge is 0.305 e. The third-order valence-corrected chi connectivity index (χ3v) is 2.03. The molecule has 1 aromatic rings. The predicted octanol–water partition coefficient (Wildman–Crippen LogP) is 2.01. The lowest BCUT2D eigenvalue weighted by Gasteiger charge is -2.05. The van der Waals surface area contributed by atoms with Gasteiger partial charge in [0.25, 0.3) is 5.91 Å². The van der Waals surface area contributed by atoms with E-state index in [-0.39, 0.29) is 6.54 Å². The molecule has 0 aliphatic rings. The SMILES string of the molecule is CCCNC(=O)c1c(F)ccc([N+](=O)[O-])c1F. The number of amides is 1. The Hall–Kier alpha value is -2.05. The Kier molecular flexibility index (Phi) is 4.08. The summed E-state index contributed by atoms with van der Waals surface area (Å²) in [5.41, 5.74) is -1.85. The van der Waals surface area contributed by atoms with Gasteiger partial charge in [0.2, 0.25) is 5.82 Å². The fourth-order valence-corrected chi connectivity index (χ4v) is 1.22. The minimum Gasteiger partial charge on any atom is -0.352 e. The van der Waals surface area contributed by atoms with Crippen LogP contribution in [0.1, 0.15) is 23.7 Å². The molecule has 1 amide bonds. The van der Waals surface area contributed by atoms with Crippen LogP contribution in [-0.2, 0) is 0 Å². The van der Waals surface area contributed by atoms with E-state index in [1.54, 1.807) is 6.92 Å². The Labute approximate surface area is 95.6 Å². The van der Waals surface area contributed by atoms with Gasteiger partial charge in [-0.1, -0.05) is 6.92 Å². The van der Waals surface area contributed by atoms with Crippen molar-refractivity contribution in [1.82, 2.24) is 5.32 Å². The van der Waals surface area contributed by atoms with Crippen LogP contribution in [0.3, 0.4) is 0 Å². The maximum atomic E-state index is 13.5. The summed E-state index contributed by atoms with van der Waals surface area (Å²) in [5, 5.41) is 12.7. The van der Waals surface area contributed by atoms with Gasteiger partial charge in [-0.25, -0.2) is 4.39 Å². The van der Waals surface area contributed by atoms with E-state index in [1.165, 1.54) is 0 Å². The zero-order chi connectivity index (χ0) is 13.0. The molecule has 7 heteroatoms. The first-order valence-electron chi connectivity index (χ1n) is 4.89. The van der Waals surface area contributed by atoms with Crippen LogP contribution in [0.25, 0.3) is 0 Å². The van der Waals surface area contributed by atoms with E-state index < -0.39 is 33.7 Å². The molecule has 0 aliphatic heterocycles. The van der Waals surface area contributed by atoms with E-state index in [0.29, 0.717) is 18.6 Å².